The molecule has 106 valence electrons. The van der Waals surface area contributed by atoms with Crippen LogP contribution in [0.3, 0.4) is 0 Å². The molecule has 0 fully saturated rings. The maximum Gasteiger partial charge on any atom is 0.321 e. The Hall–Kier alpha value is -1.29. The van der Waals surface area contributed by atoms with Crippen molar-refractivity contribution < 1.29 is 9.53 Å². The number of hydrogen-bond donors (Lipinski definition) is 0. The molecule has 0 atom stereocenters. The summed E-state index contributed by atoms with van der Waals surface area (Å²) in [4.78, 5) is 11.7. The Morgan fingerprint density at radius 3 is 2.00 bits per heavy atom. The number of benzene rings is 3. The molecule has 0 aliphatic rings. The third kappa shape index (κ3) is 2.61. The van der Waals surface area contributed by atoms with E-state index in [0.29, 0.717) is 26.6 Å². The lowest BCUT2D eigenvalue weighted by Gasteiger charge is -2.13. The summed E-state index contributed by atoms with van der Waals surface area (Å²) >= 11 is 15.7. The first-order chi connectivity index (χ1) is 10.1. The summed E-state index contributed by atoms with van der Waals surface area (Å²) in [5.41, 5.74) is 0. The third-order valence-electron chi connectivity index (χ3n) is 3.18. The Morgan fingerprint density at radius 2 is 1.52 bits per heavy atom. The average molecular weight is 384 g/mol. The molecular formula is C16H9BrCl2O2. The summed E-state index contributed by atoms with van der Waals surface area (Å²) in [6.45, 7) is 0. The molecule has 0 unspecified atom stereocenters. The Balaban J connectivity index is 2.47. The lowest BCUT2D eigenvalue weighted by Crippen LogP contribution is -2.09. The minimum Gasteiger partial charge on any atom is -0.424 e. The summed E-state index contributed by atoms with van der Waals surface area (Å²) in [7, 11) is 0. The predicted octanol–water partition coefficient (Wildman–Crippen LogP) is 5.60. The number of esters is 1. The van der Waals surface area contributed by atoms with Crippen LogP contribution in [0, 0.1) is 0 Å². The topological polar surface area (TPSA) is 26.3 Å². The molecule has 0 N–H and O–H groups in total. The predicted molar refractivity (Wildman–Crippen MR) is 90.9 cm³/mol. The van der Waals surface area contributed by atoms with Gasteiger partial charge in [0.2, 0.25) is 0 Å². The molecule has 21 heavy (non-hydrogen) atoms. The van der Waals surface area contributed by atoms with E-state index in [2.05, 4.69) is 15.9 Å². The molecular weight excluding hydrogens is 375 g/mol. The largest absolute Gasteiger partial charge is 0.424 e. The van der Waals surface area contributed by atoms with Crippen molar-refractivity contribution in [3.63, 3.8) is 0 Å². The van der Waals surface area contributed by atoms with Gasteiger partial charge in [0.1, 0.15) is 11.1 Å². The highest BCUT2D eigenvalue weighted by Gasteiger charge is 2.16. The first-order valence-corrected chi connectivity index (χ1v) is 8.05. The van der Waals surface area contributed by atoms with Crippen LogP contribution in [0.1, 0.15) is 0 Å². The first kappa shape index (κ1) is 14.6. The summed E-state index contributed by atoms with van der Waals surface area (Å²) in [6.07, 6.45) is 0. The van der Waals surface area contributed by atoms with E-state index in [1.165, 1.54) is 0 Å². The van der Waals surface area contributed by atoms with Crippen LogP contribution in [0.15, 0.2) is 42.5 Å². The van der Waals surface area contributed by atoms with Crippen LogP contribution in [-0.4, -0.2) is 11.3 Å². The summed E-state index contributed by atoms with van der Waals surface area (Å²) in [6, 6.07) is 13.1. The number of carbonyl (C=O) groups excluding carboxylic acids is 1. The van der Waals surface area contributed by atoms with Gasteiger partial charge in [-0.1, -0.05) is 63.4 Å². The fourth-order valence-corrected chi connectivity index (χ4v) is 2.99. The zero-order valence-corrected chi connectivity index (χ0v) is 13.8. The molecule has 0 heterocycles. The number of hydrogen-bond acceptors (Lipinski definition) is 2. The van der Waals surface area contributed by atoms with E-state index in [-0.39, 0.29) is 5.33 Å². The van der Waals surface area contributed by atoms with Gasteiger partial charge in [0.15, 0.2) is 0 Å². The lowest BCUT2D eigenvalue weighted by atomic mass is 10.0. The Kier molecular flexibility index (Phi) is 4.07. The van der Waals surface area contributed by atoms with Crippen molar-refractivity contribution in [2.24, 2.45) is 0 Å². The van der Waals surface area contributed by atoms with Gasteiger partial charge in [0.25, 0.3) is 0 Å². The van der Waals surface area contributed by atoms with E-state index in [1.54, 1.807) is 12.1 Å². The molecule has 0 amide bonds. The van der Waals surface area contributed by atoms with Crippen molar-refractivity contribution in [1.29, 1.82) is 0 Å². The number of rotatable bonds is 2. The zero-order valence-electron chi connectivity index (χ0n) is 10.7. The number of ether oxygens (including phenoxy) is 1. The molecule has 0 aliphatic heterocycles. The molecule has 0 saturated carbocycles. The van der Waals surface area contributed by atoms with Crippen LogP contribution in [-0.2, 0) is 4.79 Å². The highest BCUT2D eigenvalue weighted by Crippen LogP contribution is 2.41. The number of fused-ring (bicyclic) bond motifs is 2. The van der Waals surface area contributed by atoms with Crippen LogP contribution in [0.2, 0.25) is 10.0 Å². The Labute approximate surface area is 139 Å². The van der Waals surface area contributed by atoms with E-state index in [0.717, 1.165) is 10.8 Å². The zero-order chi connectivity index (χ0) is 15.0. The molecule has 2 nitrogen and oxygen atoms in total. The van der Waals surface area contributed by atoms with E-state index in [9.17, 15) is 4.79 Å². The van der Waals surface area contributed by atoms with Crippen molar-refractivity contribution >= 4 is 66.6 Å². The highest BCUT2D eigenvalue weighted by molar-refractivity contribution is 9.09. The number of alkyl halides is 1. The summed E-state index contributed by atoms with van der Waals surface area (Å²) in [5.74, 6) is 0.00629. The van der Waals surface area contributed by atoms with Crippen LogP contribution >= 0.6 is 39.1 Å². The smallest absolute Gasteiger partial charge is 0.321 e. The van der Waals surface area contributed by atoms with Gasteiger partial charge in [-0.2, -0.15) is 0 Å². The first-order valence-electron chi connectivity index (χ1n) is 6.18. The van der Waals surface area contributed by atoms with Crippen molar-refractivity contribution in [2.45, 2.75) is 0 Å². The molecule has 0 aliphatic carbocycles. The number of halogens is 3. The molecule has 0 saturated heterocycles. The second-order valence-corrected chi connectivity index (χ2v) is 5.86. The molecule has 5 heteroatoms. The maximum atomic E-state index is 11.7. The number of carbonyl (C=O) groups is 1. The van der Waals surface area contributed by atoms with Gasteiger partial charge < -0.3 is 4.74 Å². The lowest BCUT2D eigenvalue weighted by molar-refractivity contribution is -0.131. The van der Waals surface area contributed by atoms with Crippen LogP contribution in [0.5, 0.6) is 5.75 Å². The van der Waals surface area contributed by atoms with Crippen LogP contribution < -0.4 is 4.74 Å². The highest BCUT2D eigenvalue weighted by atomic mass is 79.9. The van der Waals surface area contributed by atoms with Crippen molar-refractivity contribution in [2.75, 3.05) is 5.33 Å². The van der Waals surface area contributed by atoms with Gasteiger partial charge in [-0.25, -0.2) is 0 Å². The van der Waals surface area contributed by atoms with Gasteiger partial charge in [-0.05, 0) is 29.0 Å². The summed E-state index contributed by atoms with van der Waals surface area (Å²) in [5, 5.41) is 4.31. The third-order valence-corrected chi connectivity index (χ3v) is 4.27. The normalized spacial score (nSPS) is 11.0. The van der Waals surface area contributed by atoms with E-state index < -0.39 is 5.97 Å². The minimum atomic E-state index is -0.399. The molecule has 3 rings (SSSR count). The molecule has 0 bridgehead atoms. The maximum absolute atomic E-state index is 11.7. The molecule has 3 aromatic rings. The van der Waals surface area contributed by atoms with E-state index in [4.69, 9.17) is 27.9 Å². The Morgan fingerprint density at radius 1 is 1.00 bits per heavy atom. The van der Waals surface area contributed by atoms with Gasteiger partial charge >= 0.3 is 5.97 Å². The SMILES string of the molecule is O=C(CBr)Oc1c2c(Cl)cccc2cc2cccc(Cl)c12. The second kappa shape index (κ2) is 5.84. The monoisotopic (exact) mass is 382 g/mol. The van der Waals surface area contributed by atoms with Gasteiger partial charge in [-0.15, -0.1) is 0 Å². The quantitative estimate of drug-likeness (QED) is 0.249. The fraction of sp³-hybridized carbons (Fsp3) is 0.0625. The fourth-order valence-electron chi connectivity index (χ4n) is 2.34. The standard InChI is InChI=1S/C16H9BrCl2O2/c17-8-13(20)21-16-14-9(3-1-5-11(14)18)7-10-4-2-6-12(19)15(10)16/h1-7H,8H2. The second-order valence-electron chi connectivity index (χ2n) is 4.49. The minimum absolute atomic E-state index is 0.0970. The van der Waals surface area contributed by atoms with Crippen LogP contribution in [0.4, 0.5) is 0 Å². The molecule has 0 aromatic heterocycles. The Bertz CT molecular complexity index is 802. The van der Waals surface area contributed by atoms with Crippen molar-refractivity contribution in [3.05, 3.63) is 52.5 Å². The van der Waals surface area contributed by atoms with Crippen molar-refractivity contribution in [1.82, 2.24) is 0 Å². The van der Waals surface area contributed by atoms with Crippen LogP contribution in [0.25, 0.3) is 21.5 Å². The van der Waals surface area contributed by atoms with E-state index >= 15 is 0 Å². The van der Waals surface area contributed by atoms with Gasteiger partial charge in [-0.3, -0.25) is 4.79 Å². The average Bonchev–Trinajstić information content (AvgIpc) is 2.46. The molecule has 0 radical (unpaired) electrons. The summed E-state index contributed by atoms with van der Waals surface area (Å²) < 4.78 is 5.50. The van der Waals surface area contributed by atoms with Gasteiger partial charge in [0.05, 0.1) is 10.0 Å². The molecule has 0 spiro atoms. The molecule has 3 aromatic carbocycles. The van der Waals surface area contributed by atoms with Crippen molar-refractivity contribution in [3.8, 4) is 5.75 Å². The van der Waals surface area contributed by atoms with E-state index in [1.807, 2.05) is 30.3 Å². The van der Waals surface area contributed by atoms with Gasteiger partial charge in [0, 0.05) is 10.8 Å².